The van der Waals surface area contributed by atoms with E-state index in [9.17, 15) is 4.79 Å². The van der Waals surface area contributed by atoms with Gasteiger partial charge in [0.2, 0.25) is 5.71 Å². The van der Waals surface area contributed by atoms with Crippen molar-refractivity contribution in [3.8, 4) is 5.75 Å². The van der Waals surface area contributed by atoms with Crippen molar-refractivity contribution in [2.75, 3.05) is 19.1 Å². The van der Waals surface area contributed by atoms with Crippen molar-refractivity contribution in [2.24, 2.45) is 0 Å². The average Bonchev–Trinajstić information content (AvgIpc) is 3.07. The van der Waals surface area contributed by atoms with E-state index in [1.165, 1.54) is 0 Å². The molecular weight excluding hydrogens is 328 g/mol. The van der Waals surface area contributed by atoms with Crippen LogP contribution in [0.5, 0.6) is 5.75 Å². The second-order valence-electron chi connectivity index (χ2n) is 6.25. The van der Waals surface area contributed by atoms with Gasteiger partial charge in [0, 0.05) is 23.5 Å². The first-order valence-corrected chi connectivity index (χ1v) is 8.28. The summed E-state index contributed by atoms with van der Waals surface area (Å²) in [6, 6.07) is 17.1. The van der Waals surface area contributed by atoms with Gasteiger partial charge < -0.3 is 14.1 Å². The van der Waals surface area contributed by atoms with E-state index >= 15 is 0 Å². The number of aryl methyl sites for hydroxylation is 1. The summed E-state index contributed by atoms with van der Waals surface area (Å²) in [5.74, 6) is 0.774. The Morgan fingerprint density at radius 3 is 2.54 bits per heavy atom. The average molecular weight is 346 g/mol. The zero-order chi connectivity index (χ0) is 18.3. The molecule has 0 radical (unpaired) electrons. The molecule has 1 amide bonds. The minimum atomic E-state index is -0.228. The summed E-state index contributed by atoms with van der Waals surface area (Å²) in [6.07, 6.45) is 0. The Bertz CT molecular complexity index is 1110. The third-order valence-corrected chi connectivity index (χ3v) is 4.43. The Morgan fingerprint density at radius 2 is 1.81 bits per heavy atom. The van der Waals surface area contributed by atoms with Crippen molar-refractivity contribution in [3.05, 3.63) is 65.9 Å². The first-order valence-electron chi connectivity index (χ1n) is 8.28. The molecule has 0 aliphatic rings. The smallest absolute Gasteiger partial charge is 0.293 e. The molecule has 2 heterocycles. The molecule has 26 heavy (non-hydrogen) atoms. The van der Waals surface area contributed by atoms with Gasteiger partial charge in [-0.15, -0.1) is 0 Å². The number of ether oxygens (including phenoxy) is 1. The standard InChI is InChI=1S/C21H18N2O3/c1-13-4-5-14-11-15-12-19(26-20(15)22-18(14)10-13)21(24)23(2)16-6-8-17(25-3)9-7-16/h4-12H,1-3H3. The highest BCUT2D eigenvalue weighted by Crippen LogP contribution is 2.26. The Hall–Kier alpha value is -3.34. The van der Waals surface area contributed by atoms with E-state index in [0.29, 0.717) is 5.71 Å². The van der Waals surface area contributed by atoms with E-state index in [-0.39, 0.29) is 11.7 Å². The van der Waals surface area contributed by atoms with Crippen molar-refractivity contribution in [1.29, 1.82) is 0 Å². The molecule has 5 heteroatoms. The van der Waals surface area contributed by atoms with Gasteiger partial charge in [-0.3, -0.25) is 4.79 Å². The second-order valence-corrected chi connectivity index (χ2v) is 6.25. The number of carbonyl (C=O) groups is 1. The molecular formula is C21H18N2O3. The van der Waals surface area contributed by atoms with Crippen molar-refractivity contribution >= 4 is 33.6 Å². The minimum Gasteiger partial charge on any atom is -0.497 e. The van der Waals surface area contributed by atoms with Crippen LogP contribution >= 0.6 is 0 Å². The quantitative estimate of drug-likeness (QED) is 0.545. The predicted octanol–water partition coefficient (Wildman–Crippen LogP) is 4.57. The maximum atomic E-state index is 12.8. The van der Waals surface area contributed by atoms with Crippen LogP contribution in [0.15, 0.2) is 59.0 Å². The van der Waals surface area contributed by atoms with Gasteiger partial charge in [-0.1, -0.05) is 12.1 Å². The molecule has 2 aromatic heterocycles. The molecule has 2 aromatic carbocycles. The zero-order valence-electron chi connectivity index (χ0n) is 14.8. The molecule has 130 valence electrons. The van der Waals surface area contributed by atoms with Crippen LogP contribution in [0.1, 0.15) is 16.1 Å². The highest BCUT2D eigenvalue weighted by Gasteiger charge is 2.19. The highest BCUT2D eigenvalue weighted by molar-refractivity contribution is 6.06. The molecule has 5 nitrogen and oxygen atoms in total. The summed E-state index contributed by atoms with van der Waals surface area (Å²) in [6.45, 7) is 2.02. The molecule has 0 saturated carbocycles. The molecule has 0 unspecified atom stereocenters. The molecule has 0 aliphatic heterocycles. The van der Waals surface area contributed by atoms with Crippen molar-refractivity contribution < 1.29 is 13.9 Å². The van der Waals surface area contributed by atoms with E-state index in [0.717, 1.165) is 33.3 Å². The fourth-order valence-corrected chi connectivity index (χ4v) is 2.93. The molecule has 0 spiro atoms. The van der Waals surface area contributed by atoms with Crippen LogP contribution in [0.2, 0.25) is 0 Å². The van der Waals surface area contributed by atoms with Gasteiger partial charge >= 0.3 is 0 Å². The number of pyridine rings is 1. The number of hydrogen-bond acceptors (Lipinski definition) is 4. The fraction of sp³-hybridized carbons (Fsp3) is 0.143. The van der Waals surface area contributed by atoms with Crippen molar-refractivity contribution in [1.82, 2.24) is 4.98 Å². The first-order chi connectivity index (χ1) is 12.5. The zero-order valence-corrected chi connectivity index (χ0v) is 14.8. The third-order valence-electron chi connectivity index (χ3n) is 4.43. The number of nitrogens with zero attached hydrogens (tertiary/aromatic N) is 2. The van der Waals surface area contributed by atoms with Gasteiger partial charge in [0.1, 0.15) is 5.75 Å². The van der Waals surface area contributed by atoms with Gasteiger partial charge in [0.25, 0.3) is 5.91 Å². The van der Waals surface area contributed by atoms with Crippen molar-refractivity contribution in [3.63, 3.8) is 0 Å². The summed E-state index contributed by atoms with van der Waals surface area (Å²) in [4.78, 5) is 18.9. The molecule has 4 aromatic rings. The topological polar surface area (TPSA) is 55.6 Å². The number of benzene rings is 2. The lowest BCUT2D eigenvalue weighted by Crippen LogP contribution is -2.25. The molecule has 0 bridgehead atoms. The molecule has 0 aliphatic carbocycles. The van der Waals surface area contributed by atoms with E-state index in [1.807, 2.05) is 55.5 Å². The number of aromatic nitrogens is 1. The highest BCUT2D eigenvalue weighted by atomic mass is 16.5. The van der Waals surface area contributed by atoms with Gasteiger partial charge in [-0.25, -0.2) is 4.98 Å². The summed E-state index contributed by atoms with van der Waals surface area (Å²) >= 11 is 0. The summed E-state index contributed by atoms with van der Waals surface area (Å²) in [7, 11) is 3.32. The monoisotopic (exact) mass is 346 g/mol. The number of hydrogen-bond donors (Lipinski definition) is 0. The van der Waals surface area contributed by atoms with Crippen LogP contribution in [-0.4, -0.2) is 25.0 Å². The number of carbonyl (C=O) groups excluding carboxylic acids is 1. The minimum absolute atomic E-state index is 0.228. The van der Waals surface area contributed by atoms with Crippen LogP contribution in [0.3, 0.4) is 0 Å². The van der Waals surface area contributed by atoms with E-state index in [1.54, 1.807) is 25.1 Å². The van der Waals surface area contributed by atoms with Gasteiger partial charge in [-0.05, 0) is 55.0 Å². The van der Waals surface area contributed by atoms with Crippen molar-refractivity contribution in [2.45, 2.75) is 6.92 Å². The molecule has 0 fully saturated rings. The SMILES string of the molecule is COc1ccc(N(C)C(=O)c2cc3cc4ccc(C)cc4nc3o2)cc1. The molecule has 4 rings (SSSR count). The lowest BCUT2D eigenvalue weighted by atomic mass is 10.1. The summed E-state index contributed by atoms with van der Waals surface area (Å²) in [5.41, 5.74) is 3.21. The predicted molar refractivity (Wildman–Crippen MR) is 102 cm³/mol. The van der Waals surface area contributed by atoms with Crippen LogP contribution in [0.4, 0.5) is 5.69 Å². The Kier molecular flexibility index (Phi) is 3.84. The molecule has 0 N–H and O–H groups in total. The lowest BCUT2D eigenvalue weighted by molar-refractivity contribution is 0.0968. The lowest BCUT2D eigenvalue weighted by Gasteiger charge is -2.16. The molecule has 0 saturated heterocycles. The van der Waals surface area contributed by atoms with Gasteiger partial charge in [-0.2, -0.15) is 0 Å². The van der Waals surface area contributed by atoms with Gasteiger partial charge in [0.05, 0.1) is 12.6 Å². The second kappa shape index (κ2) is 6.19. The number of anilines is 1. The van der Waals surface area contributed by atoms with Crippen LogP contribution in [0.25, 0.3) is 22.0 Å². The maximum absolute atomic E-state index is 12.8. The number of rotatable bonds is 3. The van der Waals surface area contributed by atoms with E-state index < -0.39 is 0 Å². The number of methoxy groups -OCH3 is 1. The largest absolute Gasteiger partial charge is 0.497 e. The Morgan fingerprint density at radius 1 is 1.04 bits per heavy atom. The van der Waals surface area contributed by atoms with Crippen LogP contribution in [0, 0.1) is 6.92 Å². The fourth-order valence-electron chi connectivity index (χ4n) is 2.93. The third kappa shape index (κ3) is 2.77. The number of fused-ring (bicyclic) bond motifs is 2. The summed E-state index contributed by atoms with van der Waals surface area (Å²) < 4.78 is 10.9. The number of furan rings is 1. The normalized spacial score (nSPS) is 11.0. The Labute approximate surface area is 150 Å². The van der Waals surface area contributed by atoms with E-state index in [4.69, 9.17) is 9.15 Å². The summed E-state index contributed by atoms with van der Waals surface area (Å²) in [5, 5.41) is 1.83. The van der Waals surface area contributed by atoms with E-state index in [2.05, 4.69) is 4.98 Å². The number of amides is 1. The van der Waals surface area contributed by atoms with Gasteiger partial charge in [0.15, 0.2) is 5.76 Å². The first kappa shape index (κ1) is 16.1. The van der Waals surface area contributed by atoms with Crippen LogP contribution in [-0.2, 0) is 0 Å². The Balaban J connectivity index is 1.70. The molecule has 0 atom stereocenters. The van der Waals surface area contributed by atoms with Crippen LogP contribution < -0.4 is 9.64 Å². The maximum Gasteiger partial charge on any atom is 0.293 e.